The molecule has 3 nitrogen and oxygen atoms in total. The van der Waals surface area contributed by atoms with Crippen molar-refractivity contribution in [2.45, 2.75) is 0 Å². The Balaban J connectivity index is 2.14. The van der Waals surface area contributed by atoms with Gasteiger partial charge in [-0.2, -0.15) is 0 Å². The Labute approximate surface area is 93.5 Å². The lowest BCUT2D eigenvalue weighted by atomic mass is 10.2. The van der Waals surface area contributed by atoms with Crippen molar-refractivity contribution in [3.05, 3.63) is 60.2 Å². The molecular weight excluding hydrogens is 202 g/mol. The van der Waals surface area contributed by atoms with Gasteiger partial charge in [0.15, 0.2) is 0 Å². The molecule has 2 aromatic carbocycles. The van der Waals surface area contributed by atoms with Crippen LogP contribution in [0.1, 0.15) is 10.4 Å². The van der Waals surface area contributed by atoms with Crippen molar-refractivity contribution in [2.75, 3.05) is 5.73 Å². The lowest BCUT2D eigenvalue weighted by Gasteiger charge is -2.04. The monoisotopic (exact) mass is 213 g/mol. The van der Waals surface area contributed by atoms with Crippen LogP contribution in [-0.4, -0.2) is 5.97 Å². The molecule has 0 spiro atoms. The minimum absolute atomic E-state index is 0.383. The zero-order valence-electron chi connectivity index (χ0n) is 8.59. The van der Waals surface area contributed by atoms with E-state index in [0.717, 1.165) is 0 Å². The molecule has 2 aromatic rings. The summed E-state index contributed by atoms with van der Waals surface area (Å²) in [6.45, 7) is 0. The van der Waals surface area contributed by atoms with Crippen molar-refractivity contribution in [1.29, 1.82) is 0 Å². The molecule has 0 fully saturated rings. The van der Waals surface area contributed by atoms with E-state index >= 15 is 0 Å². The second-order valence-corrected chi connectivity index (χ2v) is 3.33. The topological polar surface area (TPSA) is 52.3 Å². The van der Waals surface area contributed by atoms with Gasteiger partial charge >= 0.3 is 5.97 Å². The molecule has 80 valence electrons. The molecule has 0 heterocycles. The second-order valence-electron chi connectivity index (χ2n) is 3.33. The van der Waals surface area contributed by atoms with E-state index < -0.39 is 0 Å². The molecule has 16 heavy (non-hydrogen) atoms. The Morgan fingerprint density at radius 3 is 2.44 bits per heavy atom. The molecule has 0 aliphatic rings. The molecule has 0 aliphatic carbocycles. The number of benzene rings is 2. The Morgan fingerprint density at radius 1 is 1.00 bits per heavy atom. The summed E-state index contributed by atoms with van der Waals surface area (Å²) in [4.78, 5) is 11.7. The number of hydrogen-bond donors (Lipinski definition) is 1. The van der Waals surface area contributed by atoms with Gasteiger partial charge in [-0.05, 0) is 24.3 Å². The largest absolute Gasteiger partial charge is 0.423 e. The fraction of sp³-hybridized carbons (Fsp3) is 0. The van der Waals surface area contributed by atoms with Crippen LogP contribution in [0, 0.1) is 0 Å². The van der Waals surface area contributed by atoms with Crippen molar-refractivity contribution in [3.8, 4) is 5.75 Å². The predicted molar refractivity (Wildman–Crippen MR) is 62.3 cm³/mol. The number of esters is 1. The fourth-order valence-electron chi connectivity index (χ4n) is 1.32. The van der Waals surface area contributed by atoms with Crippen LogP contribution in [-0.2, 0) is 0 Å². The van der Waals surface area contributed by atoms with E-state index in [1.54, 1.807) is 48.5 Å². The molecule has 2 rings (SSSR count). The highest BCUT2D eigenvalue weighted by molar-refractivity contribution is 5.91. The summed E-state index contributed by atoms with van der Waals surface area (Å²) in [5.74, 6) is 0.0695. The van der Waals surface area contributed by atoms with E-state index in [0.29, 0.717) is 17.0 Å². The van der Waals surface area contributed by atoms with Crippen LogP contribution < -0.4 is 10.5 Å². The maximum Gasteiger partial charge on any atom is 0.343 e. The van der Waals surface area contributed by atoms with Gasteiger partial charge in [-0.1, -0.05) is 24.3 Å². The zero-order valence-corrected chi connectivity index (χ0v) is 8.59. The summed E-state index contributed by atoms with van der Waals surface area (Å²) in [6, 6.07) is 15.6. The van der Waals surface area contributed by atoms with Gasteiger partial charge in [-0.15, -0.1) is 0 Å². The number of carbonyl (C=O) groups excluding carboxylic acids is 1. The molecular formula is C13H11NO2. The molecule has 0 radical (unpaired) electrons. The van der Waals surface area contributed by atoms with Crippen LogP contribution in [0.25, 0.3) is 0 Å². The Hall–Kier alpha value is -2.29. The minimum atomic E-state index is -0.383. The van der Waals surface area contributed by atoms with Crippen LogP contribution in [0.4, 0.5) is 5.69 Å². The van der Waals surface area contributed by atoms with Crippen LogP contribution in [0.15, 0.2) is 54.6 Å². The van der Waals surface area contributed by atoms with E-state index in [2.05, 4.69) is 0 Å². The maximum absolute atomic E-state index is 11.7. The number of rotatable bonds is 2. The second kappa shape index (κ2) is 4.49. The van der Waals surface area contributed by atoms with Crippen molar-refractivity contribution >= 4 is 11.7 Å². The number of ether oxygens (including phenoxy) is 1. The third kappa shape index (κ3) is 2.39. The van der Waals surface area contributed by atoms with Crippen molar-refractivity contribution in [3.63, 3.8) is 0 Å². The van der Waals surface area contributed by atoms with Gasteiger partial charge in [0.05, 0.1) is 5.56 Å². The number of anilines is 1. The lowest BCUT2D eigenvalue weighted by Crippen LogP contribution is -2.08. The third-order valence-corrected chi connectivity index (χ3v) is 2.08. The molecule has 0 saturated heterocycles. The summed E-state index contributed by atoms with van der Waals surface area (Å²) in [6.07, 6.45) is 0. The number of carbonyl (C=O) groups is 1. The number of nitrogen functional groups attached to an aromatic ring is 1. The van der Waals surface area contributed by atoms with Crippen LogP contribution in [0.2, 0.25) is 0 Å². The first-order valence-corrected chi connectivity index (χ1v) is 4.88. The summed E-state index contributed by atoms with van der Waals surface area (Å²) < 4.78 is 5.16. The average molecular weight is 213 g/mol. The molecule has 0 bridgehead atoms. The van der Waals surface area contributed by atoms with Gasteiger partial charge in [0.25, 0.3) is 0 Å². The molecule has 0 unspecified atom stereocenters. The van der Waals surface area contributed by atoms with Crippen LogP contribution >= 0.6 is 0 Å². The smallest absolute Gasteiger partial charge is 0.343 e. The SMILES string of the molecule is Nc1cccc(OC(=O)c2ccccc2)c1. The summed E-state index contributed by atoms with van der Waals surface area (Å²) in [7, 11) is 0. The Bertz CT molecular complexity index is 494. The summed E-state index contributed by atoms with van der Waals surface area (Å²) >= 11 is 0. The highest BCUT2D eigenvalue weighted by Gasteiger charge is 2.07. The van der Waals surface area contributed by atoms with Gasteiger partial charge in [-0.25, -0.2) is 4.79 Å². The molecule has 0 amide bonds. The zero-order chi connectivity index (χ0) is 11.4. The predicted octanol–water partition coefficient (Wildman–Crippen LogP) is 2.49. The van der Waals surface area contributed by atoms with Crippen molar-refractivity contribution in [2.24, 2.45) is 0 Å². The maximum atomic E-state index is 11.7. The van der Waals surface area contributed by atoms with Gasteiger partial charge < -0.3 is 10.5 Å². The van der Waals surface area contributed by atoms with Gasteiger partial charge in [0.1, 0.15) is 5.75 Å². The van der Waals surface area contributed by atoms with Crippen LogP contribution in [0.3, 0.4) is 0 Å². The first kappa shape index (κ1) is 10.2. The van der Waals surface area contributed by atoms with Crippen molar-refractivity contribution < 1.29 is 9.53 Å². The molecule has 3 heteroatoms. The van der Waals surface area contributed by atoms with Crippen molar-refractivity contribution in [1.82, 2.24) is 0 Å². The Morgan fingerprint density at radius 2 is 1.75 bits per heavy atom. The number of hydrogen-bond acceptors (Lipinski definition) is 3. The van der Waals surface area contributed by atoms with Gasteiger partial charge in [0, 0.05) is 11.8 Å². The lowest BCUT2D eigenvalue weighted by molar-refractivity contribution is 0.0735. The fourth-order valence-corrected chi connectivity index (χ4v) is 1.32. The first-order valence-electron chi connectivity index (χ1n) is 4.88. The molecule has 0 atom stereocenters. The van der Waals surface area contributed by atoms with E-state index in [9.17, 15) is 4.79 Å². The highest BCUT2D eigenvalue weighted by atomic mass is 16.5. The standard InChI is InChI=1S/C13H11NO2/c14-11-7-4-8-12(9-11)16-13(15)10-5-2-1-3-6-10/h1-9H,14H2. The third-order valence-electron chi connectivity index (χ3n) is 2.08. The minimum Gasteiger partial charge on any atom is -0.423 e. The van der Waals surface area contributed by atoms with E-state index in [1.807, 2.05) is 6.07 Å². The first-order chi connectivity index (χ1) is 7.75. The van der Waals surface area contributed by atoms with E-state index in [4.69, 9.17) is 10.5 Å². The molecule has 0 saturated carbocycles. The Kier molecular flexibility index (Phi) is 2.87. The van der Waals surface area contributed by atoms with Gasteiger partial charge in [-0.3, -0.25) is 0 Å². The molecule has 2 N–H and O–H groups in total. The quantitative estimate of drug-likeness (QED) is 0.473. The van der Waals surface area contributed by atoms with E-state index in [-0.39, 0.29) is 5.97 Å². The number of nitrogens with two attached hydrogens (primary N) is 1. The molecule has 0 aromatic heterocycles. The van der Waals surface area contributed by atoms with Gasteiger partial charge in [0.2, 0.25) is 0 Å². The van der Waals surface area contributed by atoms with Crippen LogP contribution in [0.5, 0.6) is 5.75 Å². The average Bonchev–Trinajstić information content (AvgIpc) is 2.30. The van der Waals surface area contributed by atoms with E-state index in [1.165, 1.54) is 0 Å². The summed E-state index contributed by atoms with van der Waals surface area (Å²) in [5.41, 5.74) is 6.67. The highest BCUT2D eigenvalue weighted by Crippen LogP contribution is 2.16. The summed E-state index contributed by atoms with van der Waals surface area (Å²) in [5, 5.41) is 0. The normalized spacial score (nSPS) is 9.75. The molecule has 0 aliphatic heterocycles.